The second-order valence-electron chi connectivity index (χ2n) is 37.0. The number of phenolic OH excluding ortho intramolecular Hbond substituents is 6. The summed E-state index contributed by atoms with van der Waals surface area (Å²) >= 11 is 0. The minimum absolute atomic E-state index is 0. The average Bonchev–Trinajstić information content (AvgIpc) is 0.737. The van der Waals surface area contributed by atoms with Crippen molar-refractivity contribution in [3.05, 3.63) is 71.3 Å². The summed E-state index contributed by atoms with van der Waals surface area (Å²) in [5.74, 6) is -0.368. The number of nitrogens with two attached hydrogens (primary N) is 2. The molecular formula is C85H139ClN6O16. The maximum absolute atomic E-state index is 14.0. The molecule has 0 saturated heterocycles. The van der Waals surface area contributed by atoms with E-state index in [1.165, 1.54) is 61.0 Å². The van der Waals surface area contributed by atoms with Gasteiger partial charge in [0.1, 0.15) is 45.7 Å². The Morgan fingerprint density at radius 1 is 0.500 bits per heavy atom. The molecule has 0 heterocycles. The van der Waals surface area contributed by atoms with E-state index < -0.39 is 23.4 Å². The van der Waals surface area contributed by atoms with Crippen molar-refractivity contribution in [2.24, 2.45) is 97.2 Å². The predicted octanol–water partition coefficient (Wildman–Crippen LogP) is 15.3. The Bertz CT molecular complexity index is 3410. The first-order valence-electron chi connectivity index (χ1n) is 39.2. The van der Waals surface area contributed by atoms with Crippen molar-refractivity contribution in [3.8, 4) is 34.5 Å². The molecule has 0 unspecified atom stereocenters. The van der Waals surface area contributed by atoms with Gasteiger partial charge < -0.3 is 82.7 Å². The first-order chi connectivity index (χ1) is 49.4. The second-order valence-corrected chi connectivity index (χ2v) is 37.0. The van der Waals surface area contributed by atoms with Gasteiger partial charge in [-0.1, -0.05) is 102 Å². The summed E-state index contributed by atoms with van der Waals surface area (Å²) in [5, 5.41) is 79.8. The van der Waals surface area contributed by atoms with E-state index in [1.54, 1.807) is 21.0 Å². The Morgan fingerprint density at radius 2 is 0.815 bits per heavy atom. The molecule has 6 aliphatic carbocycles. The number of fused-ring (bicyclic) bond motifs is 3. The van der Waals surface area contributed by atoms with Crippen molar-refractivity contribution < 1.29 is 78.7 Å². The summed E-state index contributed by atoms with van der Waals surface area (Å²) in [7, 11) is 1.58. The van der Waals surface area contributed by atoms with Gasteiger partial charge in [-0.05, 0) is 231 Å². The van der Waals surface area contributed by atoms with E-state index in [0.717, 1.165) is 83.6 Å². The van der Waals surface area contributed by atoms with Crippen LogP contribution in [0.5, 0.6) is 34.5 Å². The first kappa shape index (κ1) is 93.9. The minimum Gasteiger partial charge on any atom is -0.508 e. The Balaban J connectivity index is 0.000000312. The number of ether oxygens (including phenoxy) is 3. The van der Waals surface area contributed by atoms with Crippen molar-refractivity contribution in [1.29, 1.82) is 0 Å². The quantitative estimate of drug-likeness (QED) is 0.0441. The van der Waals surface area contributed by atoms with Gasteiger partial charge >= 0.3 is 12.2 Å². The number of alkyl carbamates (subject to hydrolysis) is 2. The summed E-state index contributed by atoms with van der Waals surface area (Å²) in [6.07, 6.45) is 12.5. The van der Waals surface area contributed by atoms with E-state index in [0.29, 0.717) is 54.8 Å². The van der Waals surface area contributed by atoms with Crippen molar-refractivity contribution in [2.45, 2.75) is 264 Å². The molecule has 6 saturated carbocycles. The number of phenols is 6. The van der Waals surface area contributed by atoms with Crippen LogP contribution in [0.3, 0.4) is 0 Å². The monoisotopic (exact) mass is 1530 g/mol. The fraction of sp³-hybridized carbons (Fsp3) is 0.718. The molecule has 3 aromatic carbocycles. The number of aliphatic hydroxyl groups excluding tert-OH is 1. The molecule has 3 aromatic rings. The number of rotatable bonds is 17. The van der Waals surface area contributed by atoms with Crippen LogP contribution in [-0.2, 0) is 19.0 Å². The molecular weight excluding hydrogens is 1400 g/mol. The maximum atomic E-state index is 14.0. The first-order valence-corrected chi connectivity index (χ1v) is 39.2. The number of carbonyl (C=O) groups excluding carboxylic acids is 6. The number of aromatic hydroxyl groups is 6. The number of benzene rings is 3. The van der Waals surface area contributed by atoms with E-state index in [-0.39, 0.29) is 175 Å². The third-order valence-electron chi connectivity index (χ3n) is 24.5. The molecule has 22 nitrogen and oxygen atoms in total. The molecule has 108 heavy (non-hydrogen) atoms. The molecule has 6 aliphatic rings. The van der Waals surface area contributed by atoms with E-state index in [9.17, 15) is 59.4 Å². The van der Waals surface area contributed by atoms with Crippen LogP contribution in [0.1, 0.15) is 259 Å². The summed E-state index contributed by atoms with van der Waals surface area (Å²) < 4.78 is 15.0. The SMILES string of the molecule is CC(C)O.COCCNC(=O)OC(C)(C)C.C[C@@H]1[C@H](N)C[C@H]2C(C)(C)CCC[C@]2(C)[C@H]1C(=O)c1cc(O)cc(O)c1.C[C@@H]1[C@H](NC(=O)CCN)C[C@H]2C(C)(C)CCC[C@]2(C)[C@H]1C(=O)c1cc(O)cc(O)c1.C[C@@H]1[C@H](NCCCNC(=O)OC(C)(C)C)C[C@H]2C(C)(C)CCC[C@]2(C)[C@H]1C(=O)c1cc(O)cc(O)c1.Cl. The van der Waals surface area contributed by atoms with E-state index in [4.69, 9.17) is 30.8 Å². The highest BCUT2D eigenvalue weighted by molar-refractivity contribution is 6.01. The average molecular weight is 1540 g/mol. The Kier molecular flexibility index (Phi) is 33.6. The van der Waals surface area contributed by atoms with Gasteiger partial charge in [0.2, 0.25) is 5.91 Å². The van der Waals surface area contributed by atoms with Crippen LogP contribution in [0.4, 0.5) is 9.59 Å². The van der Waals surface area contributed by atoms with Gasteiger partial charge in [0.25, 0.3) is 0 Å². The molecule has 6 fully saturated rings. The largest absolute Gasteiger partial charge is 0.508 e. The van der Waals surface area contributed by atoms with E-state index >= 15 is 0 Å². The van der Waals surface area contributed by atoms with Crippen molar-refractivity contribution >= 4 is 47.9 Å². The Morgan fingerprint density at radius 3 is 1.15 bits per heavy atom. The zero-order valence-corrected chi connectivity index (χ0v) is 69.8. The molecule has 612 valence electrons. The topological polar surface area (TPSA) is 372 Å². The molecule has 0 aliphatic heterocycles. The van der Waals surface area contributed by atoms with Gasteiger partial charge in [-0.15, -0.1) is 12.4 Å². The number of aliphatic hydroxyl groups is 1. The number of Topliss-reactive ketones (excluding diaryl/α,β-unsaturated/α-hetero) is 3. The summed E-state index contributed by atoms with van der Waals surface area (Å²) in [6.45, 7) is 43.8. The number of hydrogen-bond donors (Lipinski definition) is 13. The Hall–Kier alpha value is -6.43. The molecule has 3 amide bonds. The van der Waals surface area contributed by atoms with Gasteiger partial charge in [0.05, 0.1) is 6.61 Å². The molecule has 15 N–H and O–H groups in total. The fourth-order valence-electron chi connectivity index (χ4n) is 20.0. The zero-order valence-electron chi connectivity index (χ0n) is 69.0. The van der Waals surface area contributed by atoms with Gasteiger partial charge in [0.15, 0.2) is 17.3 Å². The summed E-state index contributed by atoms with van der Waals surface area (Å²) in [5.41, 5.74) is 12.0. The molecule has 15 atom stereocenters. The highest BCUT2D eigenvalue weighted by Gasteiger charge is 2.61. The lowest BCUT2D eigenvalue weighted by molar-refractivity contribution is -0.127. The van der Waals surface area contributed by atoms with Crippen LogP contribution in [0.2, 0.25) is 0 Å². The number of ketones is 3. The van der Waals surface area contributed by atoms with Gasteiger partial charge in [-0.3, -0.25) is 19.2 Å². The van der Waals surface area contributed by atoms with Gasteiger partial charge in [0, 0.05) is 110 Å². The van der Waals surface area contributed by atoms with Gasteiger partial charge in [-0.2, -0.15) is 0 Å². The van der Waals surface area contributed by atoms with Crippen molar-refractivity contribution in [1.82, 2.24) is 21.3 Å². The lowest BCUT2D eigenvalue weighted by Crippen LogP contribution is -2.60. The van der Waals surface area contributed by atoms with Crippen LogP contribution >= 0.6 is 12.4 Å². The van der Waals surface area contributed by atoms with Crippen molar-refractivity contribution in [3.63, 3.8) is 0 Å². The standard InChI is InChI=1S/C29H46N2O5.C24H36N2O4.C21H31NO3.C8H17NO3.C3H8O.ClH/c1-18-22(30-12-9-13-31-26(35)36-27(2,3)4)17-23-28(5,6)10-8-11-29(23,7)24(18)25(34)19-14-20(32)16-21(33)15-19;1-14-18(26-20(29)6-9-25)13-19-23(2,3)7-5-8-24(19,4)21(14)22(30)15-10-16(27)12-17(28)11-15;1-12-16(22)11-17-20(2,3)6-5-7-21(17,4)18(12)19(25)13-8-14(23)10-15(24)9-13;1-8(2,3)12-7(10)9-5-6-11-4;1-3(2)4;/h14-16,18,22-24,30,32-33H,8-13,17H2,1-7H3,(H,31,35);10-12,14,18-19,21,27-28H,5-9,13,25H2,1-4H3,(H,26,29);8-10,12,16-18,23-24H,5-7,11,22H2,1-4H3;5-6H2,1-4H3,(H,9,10);3-4H,1-2H3;1H/t18-,22-,23+,24-,29+;14-,18-,19+,21-,24+;12-,16-,17+,18-,21+;;;/m111.../s1. The van der Waals surface area contributed by atoms with Crippen molar-refractivity contribution in [2.75, 3.05) is 39.9 Å². The highest BCUT2D eigenvalue weighted by Crippen LogP contribution is 2.65. The molecule has 0 aromatic heterocycles. The maximum Gasteiger partial charge on any atom is 0.407 e. The highest BCUT2D eigenvalue weighted by atomic mass is 35.5. The predicted molar refractivity (Wildman–Crippen MR) is 427 cm³/mol. The van der Waals surface area contributed by atoms with Crippen LogP contribution in [0.15, 0.2) is 54.6 Å². The molecule has 0 radical (unpaired) electrons. The fourth-order valence-corrected chi connectivity index (χ4v) is 20.0. The van der Waals surface area contributed by atoms with Crippen LogP contribution in [0, 0.1) is 85.8 Å². The normalized spacial score (nSPS) is 29.2. The molecule has 23 heteroatoms. The smallest absolute Gasteiger partial charge is 0.407 e. The van der Waals surface area contributed by atoms with Crippen LogP contribution < -0.4 is 32.7 Å². The number of amides is 3. The number of hydrogen-bond acceptors (Lipinski definition) is 19. The number of nitrogens with one attached hydrogen (secondary N) is 4. The molecule has 0 spiro atoms. The number of halogens is 1. The summed E-state index contributed by atoms with van der Waals surface area (Å²) in [4.78, 5) is 76.4. The van der Waals surface area contributed by atoms with Crippen LogP contribution in [-0.4, -0.2) is 147 Å². The van der Waals surface area contributed by atoms with E-state index in [1.807, 2.05) is 48.5 Å². The minimum atomic E-state index is -0.521. The van der Waals surface area contributed by atoms with Gasteiger partial charge in [-0.25, -0.2) is 9.59 Å². The number of carbonyl (C=O) groups is 6. The zero-order chi connectivity index (χ0) is 80.9. The second kappa shape index (κ2) is 38.7. The third-order valence-corrected chi connectivity index (χ3v) is 24.5. The molecule has 9 rings (SSSR count). The summed E-state index contributed by atoms with van der Waals surface area (Å²) in [6, 6.07) is 12.5. The third kappa shape index (κ3) is 24.8. The Labute approximate surface area is 651 Å². The molecule has 0 bridgehead atoms. The lowest BCUT2D eigenvalue weighted by atomic mass is 9.45. The van der Waals surface area contributed by atoms with E-state index in [2.05, 4.69) is 97.4 Å². The number of methoxy groups -OCH3 is 1. The van der Waals surface area contributed by atoms with Crippen LogP contribution in [0.25, 0.3) is 0 Å². The lowest BCUT2D eigenvalue weighted by Gasteiger charge is -2.60.